The van der Waals surface area contributed by atoms with Crippen LogP contribution in [0.15, 0.2) is 9.98 Å². The van der Waals surface area contributed by atoms with Gasteiger partial charge in [-0.3, -0.25) is 0 Å². The van der Waals surface area contributed by atoms with E-state index in [-0.39, 0.29) is 0 Å². The maximum Gasteiger partial charge on any atom is 0.234 e. The van der Waals surface area contributed by atoms with E-state index in [9.17, 15) is 0 Å². The van der Waals surface area contributed by atoms with E-state index in [0.29, 0.717) is 0 Å². The van der Waals surface area contributed by atoms with Crippen LogP contribution < -0.4 is 0 Å². The van der Waals surface area contributed by atoms with E-state index < -0.39 is 0 Å². The van der Waals surface area contributed by atoms with Gasteiger partial charge < -0.3 is 0 Å². The molecule has 3 saturated carbocycles. The third-order valence-corrected chi connectivity index (χ3v) is 4.53. The Balaban J connectivity index is 0.000000174. The summed E-state index contributed by atoms with van der Waals surface area (Å²) in [6, 6.07) is 0. The van der Waals surface area contributed by atoms with Crippen LogP contribution in [0, 0.1) is 23.7 Å². The third-order valence-electron chi connectivity index (χ3n) is 4.53. The number of aliphatic imine (C=N–C) groups is 2. The van der Waals surface area contributed by atoms with E-state index in [1.54, 1.807) is 38.5 Å². The monoisotopic (exact) mass is 250 g/mol. The lowest BCUT2D eigenvalue weighted by atomic mass is 9.82. The number of isocyanates is 2. The Labute approximate surface area is 109 Å². The fourth-order valence-electron chi connectivity index (χ4n) is 4.02. The lowest BCUT2D eigenvalue weighted by Gasteiger charge is -2.23. The molecule has 0 saturated heterocycles. The zero-order valence-electron chi connectivity index (χ0n) is 11.3. The topological polar surface area (TPSA) is 58.9 Å². The van der Waals surface area contributed by atoms with E-state index in [2.05, 4.69) is 9.98 Å². The third kappa shape index (κ3) is 3.63. The van der Waals surface area contributed by atoms with Crippen LogP contribution in [0.4, 0.5) is 0 Å². The van der Waals surface area contributed by atoms with Crippen molar-refractivity contribution in [2.24, 2.45) is 33.7 Å². The van der Waals surface area contributed by atoms with Crippen molar-refractivity contribution in [1.82, 2.24) is 0 Å². The summed E-state index contributed by atoms with van der Waals surface area (Å²) in [5.41, 5.74) is 0. The highest BCUT2D eigenvalue weighted by Gasteiger charge is 2.48. The van der Waals surface area contributed by atoms with Gasteiger partial charge in [-0.25, -0.2) is 19.6 Å². The molecule has 3 aliphatic carbocycles. The molecule has 0 radical (unpaired) electrons. The molecule has 3 rings (SSSR count). The second kappa shape index (κ2) is 7.97. The van der Waals surface area contributed by atoms with E-state index in [1.165, 1.54) is 49.9 Å². The first kappa shape index (κ1) is 14.8. The Morgan fingerprint density at radius 2 is 1.22 bits per heavy atom. The van der Waals surface area contributed by atoms with Crippen LogP contribution in [-0.2, 0) is 9.59 Å². The zero-order valence-corrected chi connectivity index (χ0v) is 11.3. The Hall–Kier alpha value is -1.24. The van der Waals surface area contributed by atoms with E-state index >= 15 is 0 Å². The van der Waals surface area contributed by atoms with E-state index in [0.717, 1.165) is 0 Å². The lowest BCUT2D eigenvalue weighted by Crippen LogP contribution is -2.15. The molecule has 0 heterocycles. The Morgan fingerprint density at radius 3 is 1.56 bits per heavy atom. The van der Waals surface area contributed by atoms with Gasteiger partial charge in [0.2, 0.25) is 12.2 Å². The van der Waals surface area contributed by atoms with Crippen LogP contribution in [0.5, 0.6) is 0 Å². The molecule has 18 heavy (non-hydrogen) atoms. The van der Waals surface area contributed by atoms with Gasteiger partial charge in [-0.05, 0) is 55.8 Å². The van der Waals surface area contributed by atoms with Crippen LogP contribution >= 0.6 is 0 Å². The van der Waals surface area contributed by atoms with Gasteiger partial charge in [0.05, 0.1) is 0 Å². The average Bonchev–Trinajstić information content (AvgIpc) is 3.11. The van der Waals surface area contributed by atoms with Crippen molar-refractivity contribution >= 4 is 12.2 Å². The molecule has 3 aliphatic rings. The maximum absolute atomic E-state index is 8.88. The van der Waals surface area contributed by atoms with Gasteiger partial charge >= 0.3 is 0 Å². The summed E-state index contributed by atoms with van der Waals surface area (Å²) in [5.74, 6) is 4.80. The van der Waals surface area contributed by atoms with Crippen LogP contribution in [0.1, 0.15) is 38.5 Å². The molecule has 2 bridgehead atoms. The number of hydrogen-bond donors (Lipinski definition) is 0. The SMILES string of the molecule is C1CC2C3CCC(C3)C2C1.CN=C=O.CN=C=O. The molecule has 100 valence electrons. The van der Waals surface area contributed by atoms with Crippen LogP contribution in [-0.4, -0.2) is 26.3 Å². The second-order valence-electron chi connectivity index (χ2n) is 5.22. The van der Waals surface area contributed by atoms with Crippen LogP contribution in [0.25, 0.3) is 0 Å². The number of nitrogens with zero attached hydrogens (tertiary/aromatic N) is 2. The summed E-state index contributed by atoms with van der Waals surface area (Å²) in [4.78, 5) is 23.6. The predicted molar refractivity (Wildman–Crippen MR) is 69.8 cm³/mol. The van der Waals surface area contributed by atoms with Crippen molar-refractivity contribution < 1.29 is 9.59 Å². The molecule has 0 aromatic carbocycles. The first-order chi connectivity index (χ1) is 8.78. The average molecular weight is 250 g/mol. The van der Waals surface area contributed by atoms with E-state index in [1.807, 2.05) is 0 Å². The maximum atomic E-state index is 8.88. The summed E-state index contributed by atoms with van der Waals surface area (Å²) in [7, 11) is 2.76. The summed E-state index contributed by atoms with van der Waals surface area (Å²) >= 11 is 0. The molecule has 3 fully saturated rings. The highest BCUT2D eigenvalue weighted by atomic mass is 16.1. The smallest absolute Gasteiger partial charge is 0.211 e. The quantitative estimate of drug-likeness (QED) is 0.490. The van der Waals surface area contributed by atoms with E-state index in [4.69, 9.17) is 9.59 Å². The fourth-order valence-corrected chi connectivity index (χ4v) is 4.02. The summed E-state index contributed by atoms with van der Waals surface area (Å²) in [6.07, 6.45) is 12.1. The predicted octanol–water partition coefficient (Wildman–Crippen LogP) is 2.74. The fraction of sp³-hybridized carbons (Fsp3) is 0.857. The highest BCUT2D eigenvalue weighted by molar-refractivity contribution is 5.32. The Kier molecular flexibility index (Phi) is 6.56. The van der Waals surface area contributed by atoms with Gasteiger partial charge in [0.15, 0.2) is 0 Å². The zero-order chi connectivity index (χ0) is 13.4. The molecule has 0 N–H and O–H groups in total. The van der Waals surface area contributed by atoms with Crippen molar-refractivity contribution in [2.75, 3.05) is 14.1 Å². The van der Waals surface area contributed by atoms with Gasteiger partial charge in [-0.1, -0.05) is 6.42 Å². The lowest BCUT2D eigenvalue weighted by molar-refractivity contribution is 0.259. The highest BCUT2D eigenvalue weighted by Crippen LogP contribution is 2.58. The van der Waals surface area contributed by atoms with Crippen molar-refractivity contribution in [1.29, 1.82) is 0 Å². The largest absolute Gasteiger partial charge is 0.234 e. The molecule has 4 heteroatoms. The number of fused-ring (bicyclic) bond motifs is 5. The second-order valence-corrected chi connectivity index (χ2v) is 5.22. The minimum atomic E-state index is 1.19. The molecule has 0 spiro atoms. The first-order valence-electron chi connectivity index (χ1n) is 6.70. The van der Waals surface area contributed by atoms with Crippen LogP contribution in [0.3, 0.4) is 0 Å². The molecular formula is C14H22N2O2. The molecule has 4 atom stereocenters. The normalized spacial score (nSPS) is 33.9. The molecule has 0 aromatic rings. The number of hydrogen-bond acceptors (Lipinski definition) is 4. The molecule has 0 aliphatic heterocycles. The summed E-state index contributed by atoms with van der Waals surface area (Å²) in [5, 5.41) is 0. The molecule has 0 amide bonds. The minimum Gasteiger partial charge on any atom is -0.211 e. The van der Waals surface area contributed by atoms with Gasteiger partial charge in [0.1, 0.15) is 0 Å². The molecule has 4 unspecified atom stereocenters. The van der Waals surface area contributed by atoms with Gasteiger partial charge in [0, 0.05) is 14.1 Å². The molecular weight excluding hydrogens is 228 g/mol. The van der Waals surface area contributed by atoms with Gasteiger partial charge in [-0.2, -0.15) is 0 Å². The first-order valence-corrected chi connectivity index (χ1v) is 6.70. The number of rotatable bonds is 0. The standard InChI is InChI=1S/C10H16.2C2H3NO/c1-2-9-7-4-5-8(6-7)10(9)3-1;2*1-3-2-4/h7-10H,1-6H2;2*1H3. The summed E-state index contributed by atoms with van der Waals surface area (Å²) < 4.78 is 0. The van der Waals surface area contributed by atoms with Crippen LogP contribution in [0.2, 0.25) is 0 Å². The minimum absolute atomic E-state index is 1.19. The number of carbonyl (C=O) groups excluding carboxylic acids is 2. The Morgan fingerprint density at radius 1 is 0.833 bits per heavy atom. The van der Waals surface area contributed by atoms with Crippen molar-refractivity contribution in [2.45, 2.75) is 38.5 Å². The van der Waals surface area contributed by atoms with Gasteiger partial charge in [0.25, 0.3) is 0 Å². The molecule has 4 nitrogen and oxygen atoms in total. The van der Waals surface area contributed by atoms with Crippen molar-refractivity contribution in [3.8, 4) is 0 Å². The van der Waals surface area contributed by atoms with Crippen molar-refractivity contribution in [3.63, 3.8) is 0 Å². The molecule has 0 aromatic heterocycles. The van der Waals surface area contributed by atoms with Gasteiger partial charge in [-0.15, -0.1) is 0 Å². The van der Waals surface area contributed by atoms with Crippen molar-refractivity contribution in [3.05, 3.63) is 0 Å². The Bertz CT molecular complexity index is 312. The summed E-state index contributed by atoms with van der Waals surface area (Å²) in [6.45, 7) is 0.